The van der Waals surface area contributed by atoms with Crippen LogP contribution in [-0.2, 0) is 4.79 Å². The lowest BCUT2D eigenvalue weighted by atomic mass is 10.2. The first-order valence-corrected chi connectivity index (χ1v) is 8.05. The Balaban J connectivity index is 1.69. The Bertz CT molecular complexity index is 931. The standard InChI is InChI=1S/C19H18N2O5/c1-2-24-12-7-9-13(10-8-12)25-11-16(22)21-17-14-5-3-4-6-15(14)26-18(17)19(20)23/h3-10H,2,11H2,1H3,(H2,20,23)(H,21,22). The molecule has 134 valence electrons. The number of fused-ring (bicyclic) bond motifs is 1. The van der Waals surface area contributed by atoms with Gasteiger partial charge in [0.15, 0.2) is 6.61 Å². The van der Waals surface area contributed by atoms with Crippen LogP contribution in [0.1, 0.15) is 17.5 Å². The van der Waals surface area contributed by atoms with Gasteiger partial charge in [-0.15, -0.1) is 0 Å². The average Bonchev–Trinajstić information content (AvgIpc) is 3.00. The van der Waals surface area contributed by atoms with Crippen molar-refractivity contribution < 1.29 is 23.5 Å². The van der Waals surface area contributed by atoms with E-state index in [1.165, 1.54) is 0 Å². The number of para-hydroxylation sites is 1. The minimum Gasteiger partial charge on any atom is -0.494 e. The Morgan fingerprint density at radius 3 is 2.35 bits per heavy atom. The van der Waals surface area contributed by atoms with Crippen molar-refractivity contribution in [1.29, 1.82) is 0 Å². The summed E-state index contributed by atoms with van der Waals surface area (Å²) in [5, 5.41) is 3.23. The molecule has 0 bridgehead atoms. The van der Waals surface area contributed by atoms with Crippen LogP contribution in [0.2, 0.25) is 0 Å². The maximum Gasteiger partial charge on any atom is 0.286 e. The lowest BCUT2D eigenvalue weighted by molar-refractivity contribution is -0.118. The molecule has 7 heteroatoms. The largest absolute Gasteiger partial charge is 0.494 e. The van der Waals surface area contributed by atoms with E-state index < -0.39 is 11.8 Å². The second-order valence-corrected chi connectivity index (χ2v) is 5.41. The smallest absolute Gasteiger partial charge is 0.286 e. The highest BCUT2D eigenvalue weighted by molar-refractivity contribution is 6.10. The third-order valence-corrected chi connectivity index (χ3v) is 3.59. The first-order chi connectivity index (χ1) is 12.6. The van der Waals surface area contributed by atoms with Gasteiger partial charge in [-0.3, -0.25) is 9.59 Å². The number of amides is 2. The van der Waals surface area contributed by atoms with Crippen LogP contribution in [-0.4, -0.2) is 25.0 Å². The van der Waals surface area contributed by atoms with Gasteiger partial charge in [0.05, 0.1) is 6.61 Å². The number of furan rings is 1. The minimum atomic E-state index is -0.760. The molecule has 1 aromatic heterocycles. The van der Waals surface area contributed by atoms with E-state index in [2.05, 4.69) is 5.32 Å². The molecular formula is C19H18N2O5. The van der Waals surface area contributed by atoms with Crippen LogP contribution in [0, 0.1) is 0 Å². The SMILES string of the molecule is CCOc1ccc(OCC(=O)Nc2c(C(N)=O)oc3ccccc23)cc1. The van der Waals surface area contributed by atoms with Gasteiger partial charge in [-0.05, 0) is 43.3 Å². The Labute approximate surface area is 149 Å². The Kier molecular flexibility index (Phi) is 5.07. The van der Waals surface area contributed by atoms with E-state index in [-0.39, 0.29) is 18.1 Å². The van der Waals surface area contributed by atoms with E-state index in [1.807, 2.05) is 6.92 Å². The summed E-state index contributed by atoms with van der Waals surface area (Å²) < 4.78 is 16.2. The van der Waals surface area contributed by atoms with Gasteiger partial charge in [-0.25, -0.2) is 0 Å². The fraction of sp³-hybridized carbons (Fsp3) is 0.158. The first kappa shape index (κ1) is 17.3. The lowest BCUT2D eigenvalue weighted by Crippen LogP contribution is -2.22. The van der Waals surface area contributed by atoms with Crippen molar-refractivity contribution in [2.24, 2.45) is 5.73 Å². The zero-order chi connectivity index (χ0) is 18.5. The van der Waals surface area contributed by atoms with Crippen LogP contribution in [0.3, 0.4) is 0 Å². The molecule has 26 heavy (non-hydrogen) atoms. The van der Waals surface area contributed by atoms with Gasteiger partial charge in [-0.1, -0.05) is 12.1 Å². The number of carbonyl (C=O) groups excluding carboxylic acids is 2. The second kappa shape index (κ2) is 7.60. The highest BCUT2D eigenvalue weighted by Gasteiger charge is 2.20. The molecule has 0 atom stereocenters. The van der Waals surface area contributed by atoms with Gasteiger partial charge in [0.1, 0.15) is 22.8 Å². The molecule has 0 aliphatic carbocycles. The molecule has 0 fully saturated rings. The molecule has 2 aromatic carbocycles. The quantitative estimate of drug-likeness (QED) is 0.679. The van der Waals surface area contributed by atoms with E-state index in [0.29, 0.717) is 23.3 Å². The molecule has 3 rings (SSSR count). The normalized spacial score (nSPS) is 10.5. The highest BCUT2D eigenvalue weighted by Crippen LogP contribution is 2.30. The van der Waals surface area contributed by atoms with Gasteiger partial charge in [0.2, 0.25) is 5.76 Å². The molecule has 0 aliphatic rings. The molecule has 0 aliphatic heterocycles. The number of nitrogens with one attached hydrogen (secondary N) is 1. The van der Waals surface area contributed by atoms with Gasteiger partial charge in [-0.2, -0.15) is 0 Å². The first-order valence-electron chi connectivity index (χ1n) is 8.05. The molecule has 0 saturated carbocycles. The number of rotatable bonds is 7. The summed E-state index contributed by atoms with van der Waals surface area (Å²) in [6, 6.07) is 13.9. The molecular weight excluding hydrogens is 336 g/mol. The zero-order valence-corrected chi connectivity index (χ0v) is 14.2. The zero-order valence-electron chi connectivity index (χ0n) is 14.2. The number of hydrogen-bond acceptors (Lipinski definition) is 5. The third-order valence-electron chi connectivity index (χ3n) is 3.59. The summed E-state index contributed by atoms with van der Waals surface area (Å²) in [5.74, 6) is -0.0477. The van der Waals surface area contributed by atoms with E-state index in [1.54, 1.807) is 48.5 Å². The Morgan fingerprint density at radius 1 is 1.04 bits per heavy atom. The monoisotopic (exact) mass is 354 g/mol. The number of nitrogens with two attached hydrogens (primary N) is 1. The molecule has 0 unspecified atom stereocenters. The maximum absolute atomic E-state index is 12.2. The summed E-state index contributed by atoms with van der Waals surface area (Å²) >= 11 is 0. The van der Waals surface area contributed by atoms with Gasteiger partial charge in [0.25, 0.3) is 11.8 Å². The number of ether oxygens (including phenoxy) is 2. The molecule has 3 aromatic rings. The summed E-state index contributed by atoms with van der Waals surface area (Å²) in [7, 11) is 0. The van der Waals surface area contributed by atoms with Crippen LogP contribution < -0.4 is 20.5 Å². The average molecular weight is 354 g/mol. The summed E-state index contributed by atoms with van der Waals surface area (Å²) in [6.07, 6.45) is 0. The molecule has 3 N–H and O–H groups in total. The fourth-order valence-electron chi connectivity index (χ4n) is 2.47. The number of benzene rings is 2. The van der Waals surface area contributed by atoms with Crippen molar-refractivity contribution >= 4 is 28.5 Å². The van der Waals surface area contributed by atoms with Crippen molar-refractivity contribution in [3.8, 4) is 11.5 Å². The van der Waals surface area contributed by atoms with E-state index in [4.69, 9.17) is 19.6 Å². The minimum absolute atomic E-state index is 0.0967. The predicted molar refractivity (Wildman–Crippen MR) is 96.5 cm³/mol. The van der Waals surface area contributed by atoms with E-state index >= 15 is 0 Å². The van der Waals surface area contributed by atoms with E-state index in [0.717, 1.165) is 5.75 Å². The number of carbonyl (C=O) groups is 2. The van der Waals surface area contributed by atoms with Crippen LogP contribution >= 0.6 is 0 Å². The summed E-state index contributed by atoms with van der Waals surface area (Å²) in [4.78, 5) is 23.8. The fourth-order valence-corrected chi connectivity index (χ4v) is 2.47. The number of primary amides is 1. The van der Waals surface area contributed by atoms with Crippen LogP contribution in [0.15, 0.2) is 52.9 Å². The molecule has 7 nitrogen and oxygen atoms in total. The number of anilines is 1. The second-order valence-electron chi connectivity index (χ2n) is 5.41. The van der Waals surface area contributed by atoms with Crippen LogP contribution in [0.5, 0.6) is 11.5 Å². The molecule has 2 amide bonds. The van der Waals surface area contributed by atoms with Gasteiger partial charge >= 0.3 is 0 Å². The maximum atomic E-state index is 12.2. The molecule has 0 spiro atoms. The van der Waals surface area contributed by atoms with Crippen molar-refractivity contribution in [3.05, 3.63) is 54.3 Å². The lowest BCUT2D eigenvalue weighted by Gasteiger charge is -2.08. The van der Waals surface area contributed by atoms with Crippen molar-refractivity contribution in [2.75, 3.05) is 18.5 Å². The Morgan fingerprint density at radius 2 is 1.69 bits per heavy atom. The highest BCUT2D eigenvalue weighted by atomic mass is 16.5. The molecule has 1 heterocycles. The topological polar surface area (TPSA) is 104 Å². The van der Waals surface area contributed by atoms with Crippen molar-refractivity contribution in [2.45, 2.75) is 6.92 Å². The molecule has 0 radical (unpaired) electrons. The van der Waals surface area contributed by atoms with Crippen LogP contribution in [0.25, 0.3) is 11.0 Å². The van der Waals surface area contributed by atoms with Crippen LogP contribution in [0.4, 0.5) is 5.69 Å². The molecule has 0 saturated heterocycles. The third kappa shape index (κ3) is 3.77. The van der Waals surface area contributed by atoms with Gasteiger partial charge < -0.3 is 24.9 Å². The van der Waals surface area contributed by atoms with Crippen molar-refractivity contribution in [1.82, 2.24) is 0 Å². The summed E-state index contributed by atoms with van der Waals surface area (Å²) in [5.41, 5.74) is 6.04. The van der Waals surface area contributed by atoms with E-state index in [9.17, 15) is 9.59 Å². The Hall–Kier alpha value is -3.48. The van der Waals surface area contributed by atoms with Gasteiger partial charge in [0, 0.05) is 5.39 Å². The number of hydrogen-bond donors (Lipinski definition) is 2. The summed E-state index contributed by atoms with van der Waals surface area (Å²) in [6.45, 7) is 2.24. The van der Waals surface area contributed by atoms with Crippen molar-refractivity contribution in [3.63, 3.8) is 0 Å². The predicted octanol–water partition coefficient (Wildman–Crippen LogP) is 2.95.